The second-order valence-corrected chi connectivity index (χ2v) is 6.72. The third-order valence-corrected chi connectivity index (χ3v) is 5.93. The minimum absolute atomic E-state index is 0.317. The van der Waals surface area contributed by atoms with E-state index < -0.39 is 0 Å². The summed E-state index contributed by atoms with van der Waals surface area (Å²) in [6, 6.07) is 0.317. The van der Waals surface area contributed by atoms with Crippen LogP contribution >= 0.6 is 23.5 Å². The summed E-state index contributed by atoms with van der Waals surface area (Å²) in [6.07, 6.45) is 3.49. The highest BCUT2D eigenvalue weighted by atomic mass is 32.2. The number of nitrogens with two attached hydrogens (primary N) is 1. The van der Waals surface area contributed by atoms with Crippen LogP contribution in [-0.4, -0.2) is 28.0 Å². The summed E-state index contributed by atoms with van der Waals surface area (Å²) in [5.41, 5.74) is 4.29. The van der Waals surface area contributed by atoms with E-state index in [1.165, 1.54) is 23.5 Å². The van der Waals surface area contributed by atoms with E-state index in [1.807, 2.05) is 0 Å². The normalized spacial score (nSPS) is 28.5. The Morgan fingerprint density at radius 3 is 2.67 bits per heavy atom. The maximum atomic E-state index is 5.65. The van der Waals surface area contributed by atoms with Crippen molar-refractivity contribution < 1.29 is 0 Å². The van der Waals surface area contributed by atoms with Crippen molar-refractivity contribution in [3.63, 3.8) is 0 Å². The molecule has 0 amide bonds. The van der Waals surface area contributed by atoms with Gasteiger partial charge in [-0.25, -0.2) is 0 Å². The first-order valence-electron chi connectivity index (χ1n) is 5.53. The predicted octanol–water partition coefficient (Wildman–Crippen LogP) is 2.41. The van der Waals surface area contributed by atoms with Crippen molar-refractivity contribution in [2.45, 2.75) is 43.7 Å². The Balaban J connectivity index is 2.67. The fourth-order valence-electron chi connectivity index (χ4n) is 1.87. The van der Waals surface area contributed by atoms with Crippen LogP contribution < -0.4 is 11.3 Å². The summed E-state index contributed by atoms with van der Waals surface area (Å²) < 4.78 is 0. The average Bonchev–Trinajstić information content (AvgIpc) is 2.25. The molecule has 1 heterocycles. The predicted molar refractivity (Wildman–Crippen MR) is 73.3 cm³/mol. The van der Waals surface area contributed by atoms with Gasteiger partial charge in [0.1, 0.15) is 0 Å². The van der Waals surface area contributed by atoms with E-state index in [9.17, 15) is 0 Å². The van der Waals surface area contributed by atoms with E-state index in [0.29, 0.717) is 11.3 Å². The molecule has 0 aromatic carbocycles. The van der Waals surface area contributed by atoms with Crippen molar-refractivity contribution in [3.8, 4) is 0 Å². The summed E-state index contributed by atoms with van der Waals surface area (Å²) in [7, 11) is 0. The Labute approximate surface area is 102 Å². The number of thioether (sulfide) groups is 2. The van der Waals surface area contributed by atoms with Crippen molar-refractivity contribution in [1.82, 2.24) is 5.43 Å². The van der Waals surface area contributed by atoms with E-state index in [-0.39, 0.29) is 0 Å². The van der Waals surface area contributed by atoms with Gasteiger partial charge in [0, 0.05) is 22.0 Å². The van der Waals surface area contributed by atoms with Gasteiger partial charge in [-0.15, -0.1) is 0 Å². The zero-order chi connectivity index (χ0) is 11.3. The van der Waals surface area contributed by atoms with Gasteiger partial charge in [0.15, 0.2) is 0 Å². The van der Waals surface area contributed by atoms with E-state index in [4.69, 9.17) is 5.84 Å². The molecule has 0 aromatic heterocycles. The molecule has 4 heteroatoms. The Morgan fingerprint density at radius 1 is 1.47 bits per heavy atom. The third kappa shape index (κ3) is 4.02. The molecular formula is C11H22N2S2. The van der Waals surface area contributed by atoms with Gasteiger partial charge >= 0.3 is 0 Å². The standard InChI is InChI=1S/C11H22N2S2/c1-4-10-11(15-6-5-14-10)9(13-12)7-8(2)3/h7,9-11,13H,4-6,12H2,1-3H3. The molecule has 0 saturated carbocycles. The van der Waals surface area contributed by atoms with Crippen molar-refractivity contribution in [1.29, 1.82) is 0 Å². The highest BCUT2D eigenvalue weighted by molar-refractivity contribution is 8.07. The SMILES string of the molecule is CCC1SCCSC1C(C=C(C)C)NN. The lowest BCUT2D eigenvalue weighted by atomic mass is 10.1. The topological polar surface area (TPSA) is 38.0 Å². The van der Waals surface area contributed by atoms with Crippen LogP contribution in [0.2, 0.25) is 0 Å². The van der Waals surface area contributed by atoms with Crippen molar-refractivity contribution in [3.05, 3.63) is 11.6 Å². The first-order chi connectivity index (χ1) is 7.19. The quantitative estimate of drug-likeness (QED) is 0.454. The second kappa shape index (κ2) is 6.84. The lowest BCUT2D eigenvalue weighted by Crippen LogP contribution is -2.47. The number of allylic oxidation sites excluding steroid dienone is 1. The maximum absolute atomic E-state index is 5.65. The van der Waals surface area contributed by atoms with E-state index in [1.54, 1.807) is 0 Å². The van der Waals surface area contributed by atoms with Gasteiger partial charge in [-0.2, -0.15) is 23.5 Å². The molecular weight excluding hydrogens is 224 g/mol. The molecule has 1 fully saturated rings. The molecule has 0 bridgehead atoms. The highest BCUT2D eigenvalue weighted by Gasteiger charge is 2.30. The van der Waals surface area contributed by atoms with E-state index in [0.717, 1.165) is 5.25 Å². The van der Waals surface area contributed by atoms with Gasteiger partial charge in [0.2, 0.25) is 0 Å². The molecule has 1 aliphatic heterocycles. The van der Waals surface area contributed by atoms with Crippen LogP contribution in [0.15, 0.2) is 11.6 Å². The summed E-state index contributed by atoms with van der Waals surface area (Å²) in [6.45, 7) is 6.53. The molecule has 3 unspecified atom stereocenters. The van der Waals surface area contributed by atoms with Gasteiger partial charge in [0.25, 0.3) is 0 Å². The second-order valence-electron chi connectivity index (χ2n) is 4.09. The van der Waals surface area contributed by atoms with Crippen LogP contribution in [0.25, 0.3) is 0 Å². The fraction of sp³-hybridized carbons (Fsp3) is 0.818. The van der Waals surface area contributed by atoms with Crippen molar-refractivity contribution in [2.24, 2.45) is 5.84 Å². The number of rotatable bonds is 4. The van der Waals surface area contributed by atoms with E-state index >= 15 is 0 Å². The summed E-state index contributed by atoms with van der Waals surface area (Å²) in [5.74, 6) is 8.19. The fourth-order valence-corrected chi connectivity index (χ4v) is 5.05. The minimum atomic E-state index is 0.317. The van der Waals surface area contributed by atoms with Gasteiger partial charge < -0.3 is 0 Å². The van der Waals surface area contributed by atoms with Crippen LogP contribution in [-0.2, 0) is 0 Å². The smallest absolute Gasteiger partial charge is 0.0522 e. The number of hydrogen-bond acceptors (Lipinski definition) is 4. The maximum Gasteiger partial charge on any atom is 0.0522 e. The zero-order valence-corrected chi connectivity index (χ0v) is 11.5. The zero-order valence-electron chi connectivity index (χ0n) is 9.82. The van der Waals surface area contributed by atoms with Crippen LogP contribution in [0.4, 0.5) is 0 Å². The molecule has 15 heavy (non-hydrogen) atoms. The molecule has 0 radical (unpaired) electrons. The van der Waals surface area contributed by atoms with Crippen molar-refractivity contribution in [2.75, 3.05) is 11.5 Å². The number of nitrogens with one attached hydrogen (secondary N) is 1. The van der Waals surface area contributed by atoms with Gasteiger partial charge in [-0.1, -0.05) is 18.6 Å². The average molecular weight is 246 g/mol. The summed E-state index contributed by atoms with van der Waals surface area (Å²) in [4.78, 5) is 0. The number of hydrogen-bond donors (Lipinski definition) is 2. The third-order valence-electron chi connectivity index (χ3n) is 2.55. The van der Waals surface area contributed by atoms with Crippen LogP contribution in [0.5, 0.6) is 0 Å². The molecule has 1 saturated heterocycles. The monoisotopic (exact) mass is 246 g/mol. The molecule has 0 aromatic rings. The number of hydrazine groups is 1. The Kier molecular flexibility index (Phi) is 6.12. The molecule has 88 valence electrons. The summed E-state index contributed by atoms with van der Waals surface area (Å²) in [5, 5.41) is 1.36. The molecule has 1 aliphatic rings. The first-order valence-corrected chi connectivity index (χ1v) is 7.63. The molecule has 3 atom stereocenters. The summed E-state index contributed by atoms with van der Waals surface area (Å²) >= 11 is 4.16. The molecule has 0 spiro atoms. The minimum Gasteiger partial charge on any atom is -0.271 e. The Bertz CT molecular complexity index is 215. The Morgan fingerprint density at radius 2 is 2.13 bits per heavy atom. The molecule has 3 N–H and O–H groups in total. The highest BCUT2D eigenvalue weighted by Crippen LogP contribution is 2.35. The molecule has 0 aliphatic carbocycles. The largest absolute Gasteiger partial charge is 0.271 e. The van der Waals surface area contributed by atoms with Gasteiger partial charge in [-0.3, -0.25) is 11.3 Å². The lowest BCUT2D eigenvalue weighted by molar-refractivity contribution is 0.567. The molecule has 2 nitrogen and oxygen atoms in total. The van der Waals surface area contributed by atoms with Crippen LogP contribution in [0, 0.1) is 0 Å². The lowest BCUT2D eigenvalue weighted by Gasteiger charge is -2.34. The van der Waals surface area contributed by atoms with Crippen LogP contribution in [0.1, 0.15) is 27.2 Å². The van der Waals surface area contributed by atoms with Crippen LogP contribution in [0.3, 0.4) is 0 Å². The molecule has 1 rings (SSSR count). The Hall–Kier alpha value is 0.360. The van der Waals surface area contributed by atoms with E-state index in [2.05, 4.69) is 55.8 Å². The first kappa shape index (κ1) is 13.4. The van der Waals surface area contributed by atoms with Crippen molar-refractivity contribution >= 4 is 23.5 Å². The van der Waals surface area contributed by atoms with Gasteiger partial charge in [-0.05, 0) is 20.3 Å². The van der Waals surface area contributed by atoms with Gasteiger partial charge in [0.05, 0.1) is 6.04 Å².